The van der Waals surface area contributed by atoms with Gasteiger partial charge in [-0.05, 0) is 24.3 Å². The van der Waals surface area contributed by atoms with Gasteiger partial charge in [-0.15, -0.1) is 0 Å². The molecule has 0 fully saturated rings. The molecule has 0 saturated heterocycles. The minimum atomic E-state index is -0.588. The van der Waals surface area contributed by atoms with Crippen LogP contribution in [0.3, 0.4) is 0 Å². The van der Waals surface area contributed by atoms with Gasteiger partial charge in [-0.25, -0.2) is 4.98 Å². The molecular formula is C11H8ClN3O. The van der Waals surface area contributed by atoms with Crippen molar-refractivity contribution >= 4 is 17.5 Å². The predicted octanol–water partition coefficient (Wildman–Crippen LogP) is 1.90. The monoisotopic (exact) mass is 233 g/mol. The number of nitrogens with zero attached hydrogens (tertiary/aromatic N) is 2. The van der Waals surface area contributed by atoms with Crippen LogP contribution in [0, 0.1) is 0 Å². The zero-order valence-electron chi connectivity index (χ0n) is 8.22. The Labute approximate surface area is 97.1 Å². The number of aromatic nitrogens is 2. The standard InChI is InChI=1S/C11H8ClN3O/c12-10-8(11(13)16)3-4-9(15-10)7-2-1-5-14-6-7/h1-6H,(H2,13,16). The third-order valence-corrected chi connectivity index (χ3v) is 2.36. The summed E-state index contributed by atoms with van der Waals surface area (Å²) in [7, 11) is 0. The first-order chi connectivity index (χ1) is 7.68. The van der Waals surface area contributed by atoms with Crippen LogP contribution in [-0.4, -0.2) is 15.9 Å². The van der Waals surface area contributed by atoms with Crippen LogP contribution in [-0.2, 0) is 0 Å². The van der Waals surface area contributed by atoms with Crippen LogP contribution in [0.4, 0.5) is 0 Å². The molecule has 0 atom stereocenters. The maximum atomic E-state index is 11.0. The van der Waals surface area contributed by atoms with Crippen LogP contribution in [0.1, 0.15) is 10.4 Å². The molecule has 0 bridgehead atoms. The fourth-order valence-electron chi connectivity index (χ4n) is 1.29. The van der Waals surface area contributed by atoms with Gasteiger partial charge in [0.05, 0.1) is 11.3 Å². The van der Waals surface area contributed by atoms with Gasteiger partial charge in [-0.2, -0.15) is 0 Å². The van der Waals surface area contributed by atoms with Crippen molar-refractivity contribution in [3.63, 3.8) is 0 Å². The second-order valence-corrected chi connectivity index (χ2v) is 3.50. The first-order valence-corrected chi connectivity index (χ1v) is 4.93. The Bertz CT molecular complexity index is 528. The zero-order valence-corrected chi connectivity index (χ0v) is 8.98. The molecule has 1 amide bonds. The normalized spacial score (nSPS) is 10.1. The highest BCUT2D eigenvalue weighted by Crippen LogP contribution is 2.20. The van der Waals surface area contributed by atoms with E-state index in [1.54, 1.807) is 30.6 Å². The lowest BCUT2D eigenvalue weighted by atomic mass is 10.1. The Morgan fingerprint density at radius 1 is 1.31 bits per heavy atom. The van der Waals surface area contributed by atoms with E-state index in [0.29, 0.717) is 5.69 Å². The first kappa shape index (κ1) is 10.6. The summed E-state index contributed by atoms with van der Waals surface area (Å²) in [5.74, 6) is -0.588. The van der Waals surface area contributed by atoms with E-state index in [4.69, 9.17) is 17.3 Å². The number of nitrogens with two attached hydrogens (primary N) is 1. The minimum Gasteiger partial charge on any atom is -0.366 e. The highest BCUT2D eigenvalue weighted by molar-refractivity contribution is 6.32. The van der Waals surface area contributed by atoms with Gasteiger partial charge in [0.2, 0.25) is 0 Å². The number of rotatable bonds is 2. The second kappa shape index (κ2) is 4.28. The number of carbonyl (C=O) groups excluding carboxylic acids is 1. The van der Waals surface area contributed by atoms with Crippen LogP contribution in [0.15, 0.2) is 36.7 Å². The lowest BCUT2D eigenvalue weighted by molar-refractivity contribution is 0.1000. The molecule has 0 spiro atoms. The Morgan fingerprint density at radius 2 is 2.12 bits per heavy atom. The summed E-state index contributed by atoms with van der Waals surface area (Å²) >= 11 is 5.84. The van der Waals surface area contributed by atoms with Crippen molar-refractivity contribution in [2.45, 2.75) is 0 Å². The molecule has 0 radical (unpaired) electrons. The van der Waals surface area contributed by atoms with Gasteiger partial charge in [-0.1, -0.05) is 11.6 Å². The van der Waals surface area contributed by atoms with Gasteiger partial charge >= 0.3 is 0 Å². The molecule has 2 aromatic rings. The summed E-state index contributed by atoms with van der Waals surface area (Å²) in [6, 6.07) is 6.89. The number of hydrogen-bond donors (Lipinski definition) is 1. The van der Waals surface area contributed by atoms with Crippen molar-refractivity contribution in [3.05, 3.63) is 47.4 Å². The molecule has 0 aliphatic rings. The van der Waals surface area contributed by atoms with Gasteiger partial charge < -0.3 is 5.73 Å². The van der Waals surface area contributed by atoms with Gasteiger partial charge in [0.25, 0.3) is 5.91 Å². The van der Waals surface area contributed by atoms with Gasteiger partial charge in [-0.3, -0.25) is 9.78 Å². The number of hydrogen-bond acceptors (Lipinski definition) is 3. The van der Waals surface area contributed by atoms with E-state index in [1.165, 1.54) is 0 Å². The molecular weight excluding hydrogens is 226 g/mol. The van der Waals surface area contributed by atoms with Crippen molar-refractivity contribution in [2.75, 3.05) is 0 Å². The Balaban J connectivity index is 2.46. The molecule has 2 rings (SSSR count). The van der Waals surface area contributed by atoms with Crippen LogP contribution in [0.5, 0.6) is 0 Å². The Hall–Kier alpha value is -1.94. The smallest absolute Gasteiger partial charge is 0.251 e. The summed E-state index contributed by atoms with van der Waals surface area (Å²) in [5.41, 5.74) is 6.83. The van der Waals surface area contributed by atoms with E-state index < -0.39 is 5.91 Å². The SMILES string of the molecule is NC(=O)c1ccc(-c2cccnc2)nc1Cl. The molecule has 0 saturated carbocycles. The molecule has 0 aliphatic heterocycles. The second-order valence-electron chi connectivity index (χ2n) is 3.14. The molecule has 2 heterocycles. The largest absolute Gasteiger partial charge is 0.366 e. The minimum absolute atomic E-state index is 0.105. The molecule has 4 nitrogen and oxygen atoms in total. The van der Waals surface area contributed by atoms with Crippen LogP contribution >= 0.6 is 11.6 Å². The van der Waals surface area contributed by atoms with E-state index in [9.17, 15) is 4.79 Å². The quantitative estimate of drug-likeness (QED) is 0.806. The van der Waals surface area contributed by atoms with Crippen molar-refractivity contribution < 1.29 is 4.79 Å². The molecule has 2 N–H and O–H groups in total. The van der Waals surface area contributed by atoms with E-state index in [-0.39, 0.29) is 10.7 Å². The van der Waals surface area contributed by atoms with Crippen LogP contribution in [0.25, 0.3) is 11.3 Å². The van der Waals surface area contributed by atoms with E-state index >= 15 is 0 Å². The van der Waals surface area contributed by atoms with Gasteiger partial charge in [0.1, 0.15) is 5.15 Å². The van der Waals surface area contributed by atoms with Gasteiger partial charge in [0.15, 0.2) is 0 Å². The topological polar surface area (TPSA) is 68.9 Å². The van der Waals surface area contributed by atoms with E-state index in [1.807, 2.05) is 6.07 Å². The van der Waals surface area contributed by atoms with Crippen molar-refractivity contribution in [1.29, 1.82) is 0 Å². The molecule has 0 unspecified atom stereocenters. The predicted molar refractivity (Wildman–Crippen MR) is 61.0 cm³/mol. The molecule has 5 heteroatoms. The number of carbonyl (C=O) groups is 1. The third kappa shape index (κ3) is 2.01. The van der Waals surface area contributed by atoms with Crippen molar-refractivity contribution in [1.82, 2.24) is 9.97 Å². The summed E-state index contributed by atoms with van der Waals surface area (Å²) in [6.45, 7) is 0. The fourth-order valence-corrected chi connectivity index (χ4v) is 1.54. The van der Waals surface area contributed by atoms with Crippen molar-refractivity contribution in [3.8, 4) is 11.3 Å². The third-order valence-electron chi connectivity index (χ3n) is 2.07. The molecule has 0 aromatic carbocycles. The summed E-state index contributed by atoms with van der Waals surface area (Å²) in [4.78, 5) is 19.0. The lowest BCUT2D eigenvalue weighted by Gasteiger charge is -2.03. The van der Waals surface area contributed by atoms with Gasteiger partial charge in [0, 0.05) is 18.0 Å². The average molecular weight is 234 g/mol. The number of halogens is 1. The van der Waals surface area contributed by atoms with Crippen LogP contribution in [0.2, 0.25) is 5.15 Å². The van der Waals surface area contributed by atoms with Crippen LogP contribution < -0.4 is 5.73 Å². The summed E-state index contributed by atoms with van der Waals surface area (Å²) < 4.78 is 0. The summed E-state index contributed by atoms with van der Waals surface area (Å²) in [6.07, 6.45) is 3.34. The number of primary amides is 1. The van der Waals surface area contributed by atoms with E-state index in [2.05, 4.69) is 9.97 Å². The Kier molecular flexibility index (Phi) is 2.83. The molecule has 16 heavy (non-hydrogen) atoms. The molecule has 2 aromatic heterocycles. The first-order valence-electron chi connectivity index (χ1n) is 4.55. The lowest BCUT2D eigenvalue weighted by Crippen LogP contribution is -2.12. The highest BCUT2D eigenvalue weighted by atomic mass is 35.5. The average Bonchev–Trinajstić information content (AvgIpc) is 2.29. The van der Waals surface area contributed by atoms with Crippen molar-refractivity contribution in [2.24, 2.45) is 5.73 Å². The number of pyridine rings is 2. The number of amides is 1. The zero-order chi connectivity index (χ0) is 11.5. The highest BCUT2D eigenvalue weighted by Gasteiger charge is 2.09. The molecule has 0 aliphatic carbocycles. The molecule has 80 valence electrons. The summed E-state index contributed by atoms with van der Waals surface area (Å²) in [5, 5.41) is 0.105. The fraction of sp³-hybridized carbons (Fsp3) is 0. The Morgan fingerprint density at radius 3 is 2.69 bits per heavy atom. The van der Waals surface area contributed by atoms with E-state index in [0.717, 1.165) is 5.56 Å². The maximum absolute atomic E-state index is 11.0. The maximum Gasteiger partial charge on any atom is 0.251 e.